The Morgan fingerprint density at radius 2 is 1.85 bits per heavy atom. The molecule has 4 heterocycles. The minimum absolute atomic E-state index is 0.282. The third-order valence-corrected chi connectivity index (χ3v) is 7.77. The van der Waals surface area contributed by atoms with Crippen LogP contribution in [0, 0.1) is 5.82 Å². The second-order valence-corrected chi connectivity index (χ2v) is 11.0. The van der Waals surface area contributed by atoms with Crippen LogP contribution >= 0.6 is 0 Å². The van der Waals surface area contributed by atoms with Crippen LogP contribution in [0.3, 0.4) is 0 Å². The highest BCUT2D eigenvalue weighted by Gasteiger charge is 2.17. The lowest BCUT2D eigenvalue weighted by Crippen LogP contribution is -2.37. The molecular formula is C29H26FN5O3S. The first kappa shape index (κ1) is 25.1. The maximum absolute atomic E-state index is 13.4. The smallest absolute Gasteiger partial charge is 0.152 e. The van der Waals surface area contributed by atoms with Crippen molar-refractivity contribution < 1.29 is 17.8 Å². The summed E-state index contributed by atoms with van der Waals surface area (Å²) in [5.41, 5.74) is 2.99. The van der Waals surface area contributed by atoms with Crippen molar-refractivity contribution in [2.45, 2.75) is 13.2 Å². The number of benzene rings is 2. The van der Waals surface area contributed by atoms with Crippen LogP contribution in [0.1, 0.15) is 11.3 Å². The summed E-state index contributed by atoms with van der Waals surface area (Å²) in [6.45, 7) is 2.58. The van der Waals surface area contributed by atoms with Crippen molar-refractivity contribution in [2.24, 2.45) is 0 Å². The summed E-state index contributed by atoms with van der Waals surface area (Å²) in [4.78, 5) is 15.6. The molecular weight excluding hydrogens is 517 g/mol. The zero-order valence-corrected chi connectivity index (χ0v) is 21.9. The molecule has 6 rings (SSSR count). The maximum atomic E-state index is 13.4. The predicted molar refractivity (Wildman–Crippen MR) is 149 cm³/mol. The van der Waals surface area contributed by atoms with Crippen LogP contribution in [-0.4, -0.2) is 48.7 Å². The van der Waals surface area contributed by atoms with E-state index in [1.807, 2.05) is 48.5 Å². The fourth-order valence-corrected chi connectivity index (χ4v) is 5.54. The van der Waals surface area contributed by atoms with Crippen LogP contribution in [-0.2, 0) is 24.0 Å². The molecule has 0 bridgehead atoms. The highest BCUT2D eigenvalue weighted by molar-refractivity contribution is 7.85. The number of furan rings is 1. The van der Waals surface area contributed by atoms with Crippen LogP contribution in [0.25, 0.3) is 22.4 Å². The molecule has 1 aliphatic heterocycles. The fourth-order valence-electron chi connectivity index (χ4n) is 4.41. The first-order valence-electron chi connectivity index (χ1n) is 12.6. The highest BCUT2D eigenvalue weighted by atomic mass is 32.2. The van der Waals surface area contributed by atoms with Gasteiger partial charge < -0.3 is 14.5 Å². The number of fused-ring (bicyclic) bond motifs is 1. The van der Waals surface area contributed by atoms with Crippen LogP contribution in [0.15, 0.2) is 83.7 Å². The van der Waals surface area contributed by atoms with E-state index in [-0.39, 0.29) is 12.4 Å². The molecule has 10 heteroatoms. The van der Waals surface area contributed by atoms with Gasteiger partial charge in [-0.05, 0) is 60.2 Å². The van der Waals surface area contributed by atoms with Gasteiger partial charge in [0, 0.05) is 46.5 Å². The number of ether oxygens (including phenoxy) is 1. The number of halogens is 1. The van der Waals surface area contributed by atoms with E-state index in [2.05, 4.69) is 25.2 Å². The van der Waals surface area contributed by atoms with Crippen molar-refractivity contribution in [1.29, 1.82) is 0 Å². The Bertz CT molecular complexity index is 1620. The number of aromatic nitrogens is 3. The summed E-state index contributed by atoms with van der Waals surface area (Å²) in [6, 6.07) is 19.7. The number of hydrogen-bond acceptors (Lipinski definition) is 8. The van der Waals surface area contributed by atoms with Crippen LogP contribution in [0.5, 0.6) is 5.75 Å². The minimum Gasteiger partial charge on any atom is -0.489 e. The summed E-state index contributed by atoms with van der Waals surface area (Å²) in [5.74, 6) is 3.97. The first-order chi connectivity index (χ1) is 19.1. The number of rotatable bonds is 8. The monoisotopic (exact) mass is 543 g/mol. The second kappa shape index (κ2) is 11.3. The van der Waals surface area contributed by atoms with Gasteiger partial charge in [-0.15, -0.1) is 0 Å². The summed E-state index contributed by atoms with van der Waals surface area (Å²) in [6.07, 6.45) is 3.21. The van der Waals surface area contributed by atoms with Crippen molar-refractivity contribution in [2.75, 3.05) is 29.9 Å². The van der Waals surface area contributed by atoms with Gasteiger partial charge in [-0.1, -0.05) is 12.1 Å². The molecule has 0 amide bonds. The topological polar surface area (TPSA) is 93.4 Å². The molecule has 1 saturated heterocycles. The van der Waals surface area contributed by atoms with E-state index in [1.165, 1.54) is 18.5 Å². The average molecular weight is 544 g/mol. The summed E-state index contributed by atoms with van der Waals surface area (Å²) < 4.78 is 36.9. The van der Waals surface area contributed by atoms with Crippen LogP contribution in [0.4, 0.5) is 15.9 Å². The van der Waals surface area contributed by atoms with Gasteiger partial charge in [0.1, 0.15) is 41.8 Å². The van der Waals surface area contributed by atoms with E-state index >= 15 is 0 Å². The number of hydrogen-bond donors (Lipinski definition) is 1. The Morgan fingerprint density at radius 1 is 1.00 bits per heavy atom. The van der Waals surface area contributed by atoms with E-state index < -0.39 is 10.8 Å². The van der Waals surface area contributed by atoms with Crippen molar-refractivity contribution in [1.82, 2.24) is 19.9 Å². The van der Waals surface area contributed by atoms with Crippen molar-refractivity contribution in [3.05, 3.63) is 96.4 Å². The number of anilines is 2. The van der Waals surface area contributed by atoms with Crippen molar-refractivity contribution in [3.63, 3.8) is 0 Å². The van der Waals surface area contributed by atoms with Crippen LogP contribution < -0.4 is 10.1 Å². The Hall–Kier alpha value is -4.15. The lowest BCUT2D eigenvalue weighted by molar-refractivity contribution is 0.266. The van der Waals surface area contributed by atoms with Gasteiger partial charge in [-0.2, -0.15) is 0 Å². The van der Waals surface area contributed by atoms with E-state index in [0.29, 0.717) is 46.6 Å². The molecule has 39 heavy (non-hydrogen) atoms. The third kappa shape index (κ3) is 6.13. The molecule has 0 aliphatic carbocycles. The van der Waals surface area contributed by atoms with Gasteiger partial charge in [-0.25, -0.2) is 14.4 Å². The molecule has 198 valence electrons. The van der Waals surface area contributed by atoms with Gasteiger partial charge in [0.05, 0.1) is 18.3 Å². The SMILES string of the molecule is O=S1CCN(Cc2ccc(-c3cc4c(Nc5ccc(OCc6cccc(F)c6)cc5)ncnc4cn3)o2)CC1. The minimum atomic E-state index is -0.702. The Labute approximate surface area is 227 Å². The molecule has 5 aromatic rings. The molecule has 1 N–H and O–H groups in total. The van der Waals surface area contributed by atoms with E-state index in [0.717, 1.165) is 35.5 Å². The third-order valence-electron chi connectivity index (χ3n) is 6.50. The van der Waals surface area contributed by atoms with Crippen molar-refractivity contribution >= 4 is 33.2 Å². The molecule has 3 aromatic heterocycles. The van der Waals surface area contributed by atoms with Gasteiger partial charge >= 0.3 is 0 Å². The van der Waals surface area contributed by atoms with E-state index in [9.17, 15) is 8.60 Å². The Morgan fingerprint density at radius 3 is 2.67 bits per heavy atom. The van der Waals surface area contributed by atoms with E-state index in [1.54, 1.807) is 12.3 Å². The lowest BCUT2D eigenvalue weighted by Gasteiger charge is -2.24. The maximum Gasteiger partial charge on any atom is 0.152 e. The van der Waals surface area contributed by atoms with Crippen LogP contribution in [0.2, 0.25) is 0 Å². The molecule has 8 nitrogen and oxygen atoms in total. The Balaban J connectivity index is 1.15. The Kier molecular flexibility index (Phi) is 7.29. The van der Waals surface area contributed by atoms with Gasteiger partial charge in [0.2, 0.25) is 0 Å². The summed E-state index contributed by atoms with van der Waals surface area (Å²) >= 11 is 0. The largest absolute Gasteiger partial charge is 0.489 e. The standard InChI is InChI=1S/C29H26FN5O3S/c30-21-3-1-2-20(14-21)18-37-23-6-4-22(5-7-23)34-29-25-15-26(31-16-27(25)32-19-33-29)28-9-8-24(38-28)17-35-10-12-39(36)13-11-35/h1-9,14-16,19H,10-13,17-18H2,(H,32,33,34). The predicted octanol–water partition coefficient (Wildman–Crippen LogP) is 5.31. The number of pyridine rings is 1. The molecule has 0 radical (unpaired) electrons. The van der Waals surface area contributed by atoms with Crippen molar-refractivity contribution in [3.8, 4) is 17.2 Å². The fraction of sp³-hybridized carbons (Fsp3) is 0.207. The lowest BCUT2D eigenvalue weighted by atomic mass is 10.2. The van der Waals surface area contributed by atoms with E-state index in [4.69, 9.17) is 9.15 Å². The summed E-state index contributed by atoms with van der Waals surface area (Å²) in [5, 5.41) is 4.16. The normalized spacial score (nSPS) is 14.5. The average Bonchev–Trinajstić information content (AvgIpc) is 3.42. The second-order valence-electron chi connectivity index (χ2n) is 9.27. The molecule has 0 spiro atoms. The molecule has 0 unspecified atom stereocenters. The zero-order chi connectivity index (χ0) is 26.6. The first-order valence-corrected chi connectivity index (χ1v) is 14.1. The van der Waals surface area contributed by atoms with Gasteiger partial charge in [0.25, 0.3) is 0 Å². The number of nitrogens with zero attached hydrogens (tertiary/aromatic N) is 4. The highest BCUT2D eigenvalue weighted by Crippen LogP contribution is 2.29. The molecule has 0 atom stereocenters. The quantitative estimate of drug-likeness (QED) is 0.282. The molecule has 2 aromatic carbocycles. The molecule has 0 saturated carbocycles. The molecule has 1 aliphatic rings. The van der Waals surface area contributed by atoms with Gasteiger partial charge in [-0.3, -0.25) is 14.1 Å². The molecule has 1 fully saturated rings. The summed E-state index contributed by atoms with van der Waals surface area (Å²) in [7, 11) is -0.702. The number of nitrogens with one attached hydrogen (secondary N) is 1. The zero-order valence-electron chi connectivity index (χ0n) is 21.0. The van der Waals surface area contributed by atoms with Gasteiger partial charge in [0.15, 0.2) is 5.76 Å².